The van der Waals surface area contributed by atoms with Gasteiger partial charge >= 0.3 is 0 Å². The van der Waals surface area contributed by atoms with E-state index in [4.69, 9.17) is 28.3 Å². The second-order valence-electron chi connectivity index (χ2n) is 3.06. The van der Waals surface area contributed by atoms with Crippen LogP contribution in [-0.4, -0.2) is 28.6 Å². The molecule has 1 amide bonds. The van der Waals surface area contributed by atoms with Crippen molar-refractivity contribution in [3.8, 4) is 0 Å². The summed E-state index contributed by atoms with van der Waals surface area (Å²) in [6.45, 7) is 1.56. The molecule has 15 heavy (non-hydrogen) atoms. The number of carbonyl (C=O) groups excluding carboxylic acids is 1. The van der Waals surface area contributed by atoms with E-state index in [2.05, 4.69) is 10.3 Å². The molecule has 0 bridgehead atoms. The third kappa shape index (κ3) is 3.66. The van der Waals surface area contributed by atoms with E-state index in [0.29, 0.717) is 5.56 Å². The van der Waals surface area contributed by atoms with Gasteiger partial charge in [-0.2, -0.15) is 0 Å². The summed E-state index contributed by atoms with van der Waals surface area (Å²) in [5.41, 5.74) is 0.320. The van der Waals surface area contributed by atoms with Gasteiger partial charge in [-0.1, -0.05) is 23.2 Å². The van der Waals surface area contributed by atoms with Crippen molar-refractivity contribution in [3.63, 3.8) is 0 Å². The highest BCUT2D eigenvalue weighted by Gasteiger charge is 2.10. The maximum Gasteiger partial charge on any atom is 0.251 e. The summed E-state index contributed by atoms with van der Waals surface area (Å²) in [4.78, 5) is 15.3. The molecule has 0 aliphatic heterocycles. The highest BCUT2D eigenvalue weighted by Crippen LogP contribution is 2.14. The first-order valence-electron chi connectivity index (χ1n) is 4.27. The Kier molecular flexibility index (Phi) is 4.32. The highest BCUT2D eigenvalue weighted by atomic mass is 35.5. The van der Waals surface area contributed by atoms with E-state index in [9.17, 15) is 4.79 Å². The van der Waals surface area contributed by atoms with E-state index in [-0.39, 0.29) is 28.9 Å². The number of pyridine rings is 1. The minimum Gasteiger partial charge on any atom is -0.394 e. The predicted octanol–water partition coefficient (Wildman–Crippen LogP) is 1.50. The normalized spacial score (nSPS) is 12.3. The SMILES string of the molecule is CC(CO)NC(=O)c1cc(Cl)nc(Cl)c1. The Balaban J connectivity index is 2.82. The number of nitrogens with one attached hydrogen (secondary N) is 1. The quantitative estimate of drug-likeness (QED) is 0.798. The molecule has 1 unspecified atom stereocenters. The summed E-state index contributed by atoms with van der Waals surface area (Å²) in [5, 5.41) is 11.6. The van der Waals surface area contributed by atoms with Gasteiger partial charge in [-0.3, -0.25) is 4.79 Å². The van der Waals surface area contributed by atoms with Crippen LogP contribution in [0.2, 0.25) is 10.3 Å². The lowest BCUT2D eigenvalue weighted by Gasteiger charge is -2.10. The van der Waals surface area contributed by atoms with Crippen LogP contribution >= 0.6 is 23.2 Å². The van der Waals surface area contributed by atoms with Crippen molar-refractivity contribution in [1.82, 2.24) is 10.3 Å². The average molecular weight is 249 g/mol. The van der Waals surface area contributed by atoms with Crippen molar-refractivity contribution >= 4 is 29.1 Å². The van der Waals surface area contributed by atoms with E-state index < -0.39 is 0 Å². The summed E-state index contributed by atoms with van der Waals surface area (Å²) >= 11 is 11.3. The van der Waals surface area contributed by atoms with E-state index >= 15 is 0 Å². The van der Waals surface area contributed by atoms with Crippen LogP contribution in [0.1, 0.15) is 17.3 Å². The van der Waals surface area contributed by atoms with Gasteiger partial charge in [0.25, 0.3) is 5.91 Å². The number of amides is 1. The van der Waals surface area contributed by atoms with Gasteiger partial charge in [-0.05, 0) is 19.1 Å². The fraction of sp³-hybridized carbons (Fsp3) is 0.333. The van der Waals surface area contributed by atoms with Crippen molar-refractivity contribution < 1.29 is 9.90 Å². The maximum absolute atomic E-state index is 11.6. The van der Waals surface area contributed by atoms with Gasteiger partial charge in [0.15, 0.2) is 0 Å². The van der Waals surface area contributed by atoms with Gasteiger partial charge in [0, 0.05) is 11.6 Å². The molecule has 0 aromatic carbocycles. The Bertz CT molecular complexity index is 351. The maximum atomic E-state index is 11.6. The largest absolute Gasteiger partial charge is 0.394 e. The van der Waals surface area contributed by atoms with Gasteiger partial charge in [-0.15, -0.1) is 0 Å². The molecule has 0 fully saturated rings. The number of aliphatic hydroxyl groups is 1. The molecule has 0 radical (unpaired) electrons. The Morgan fingerprint density at radius 2 is 2.07 bits per heavy atom. The van der Waals surface area contributed by atoms with Crippen LogP contribution in [0.25, 0.3) is 0 Å². The van der Waals surface area contributed by atoms with Crippen LogP contribution < -0.4 is 5.32 Å². The Morgan fingerprint density at radius 1 is 1.53 bits per heavy atom. The molecule has 1 aromatic rings. The molecule has 6 heteroatoms. The molecule has 0 saturated carbocycles. The minimum atomic E-state index is -0.345. The van der Waals surface area contributed by atoms with Crippen molar-refractivity contribution in [1.29, 1.82) is 0 Å². The zero-order valence-electron chi connectivity index (χ0n) is 8.00. The van der Waals surface area contributed by atoms with Crippen LogP contribution in [-0.2, 0) is 0 Å². The van der Waals surface area contributed by atoms with E-state index in [1.54, 1.807) is 6.92 Å². The summed E-state index contributed by atoms with van der Waals surface area (Å²) < 4.78 is 0. The number of halogens is 2. The molecule has 0 aliphatic carbocycles. The molecule has 1 heterocycles. The number of carbonyl (C=O) groups is 1. The van der Waals surface area contributed by atoms with Crippen LogP contribution in [0, 0.1) is 0 Å². The van der Waals surface area contributed by atoms with E-state index in [1.807, 2.05) is 0 Å². The third-order valence-corrected chi connectivity index (χ3v) is 2.06. The zero-order valence-corrected chi connectivity index (χ0v) is 9.51. The van der Waals surface area contributed by atoms with Crippen molar-refractivity contribution in [3.05, 3.63) is 28.0 Å². The fourth-order valence-corrected chi connectivity index (χ4v) is 1.41. The zero-order chi connectivity index (χ0) is 11.4. The molecule has 1 atom stereocenters. The molecule has 1 aromatic heterocycles. The summed E-state index contributed by atoms with van der Waals surface area (Å²) in [7, 11) is 0. The van der Waals surface area contributed by atoms with Gasteiger partial charge < -0.3 is 10.4 Å². The summed E-state index contributed by atoms with van der Waals surface area (Å²) in [6.07, 6.45) is 0. The second kappa shape index (κ2) is 5.30. The number of aromatic nitrogens is 1. The molecule has 4 nitrogen and oxygen atoms in total. The van der Waals surface area contributed by atoms with Crippen molar-refractivity contribution in [2.45, 2.75) is 13.0 Å². The smallest absolute Gasteiger partial charge is 0.251 e. The number of hydrogen-bond donors (Lipinski definition) is 2. The Labute approximate surface area is 97.2 Å². The lowest BCUT2D eigenvalue weighted by atomic mass is 10.2. The van der Waals surface area contributed by atoms with Crippen molar-refractivity contribution in [2.75, 3.05) is 6.61 Å². The molecular formula is C9H10Cl2N2O2. The molecule has 0 spiro atoms. The van der Waals surface area contributed by atoms with Crippen molar-refractivity contribution in [2.24, 2.45) is 0 Å². The van der Waals surface area contributed by atoms with Crippen LogP contribution in [0.3, 0.4) is 0 Å². The van der Waals surface area contributed by atoms with Crippen LogP contribution in [0.4, 0.5) is 0 Å². The summed E-state index contributed by atoms with van der Waals surface area (Å²) in [5.74, 6) is -0.345. The van der Waals surface area contributed by atoms with Crippen LogP contribution in [0.15, 0.2) is 12.1 Å². The highest BCUT2D eigenvalue weighted by molar-refractivity contribution is 6.33. The minimum absolute atomic E-state index is 0.127. The molecule has 82 valence electrons. The van der Waals surface area contributed by atoms with Gasteiger partial charge in [0.2, 0.25) is 0 Å². The first-order chi connectivity index (χ1) is 7.02. The molecule has 1 rings (SSSR count). The first kappa shape index (κ1) is 12.2. The molecule has 0 saturated heterocycles. The number of rotatable bonds is 3. The molecule has 2 N–H and O–H groups in total. The van der Waals surface area contributed by atoms with E-state index in [0.717, 1.165) is 0 Å². The second-order valence-corrected chi connectivity index (χ2v) is 3.83. The monoisotopic (exact) mass is 248 g/mol. The first-order valence-corrected chi connectivity index (χ1v) is 5.03. The lowest BCUT2D eigenvalue weighted by Crippen LogP contribution is -2.35. The topological polar surface area (TPSA) is 62.2 Å². The Morgan fingerprint density at radius 3 is 2.53 bits per heavy atom. The average Bonchev–Trinajstić information content (AvgIpc) is 2.16. The number of aliphatic hydroxyl groups excluding tert-OH is 1. The molecule has 0 aliphatic rings. The van der Waals surface area contributed by atoms with Gasteiger partial charge in [-0.25, -0.2) is 4.98 Å². The fourth-order valence-electron chi connectivity index (χ4n) is 0.949. The number of nitrogens with zero attached hydrogens (tertiary/aromatic N) is 1. The number of hydrogen-bond acceptors (Lipinski definition) is 3. The Hall–Kier alpha value is -0.840. The summed E-state index contributed by atoms with van der Waals surface area (Å²) in [6, 6.07) is 2.50. The van der Waals surface area contributed by atoms with Crippen LogP contribution in [0.5, 0.6) is 0 Å². The predicted molar refractivity (Wildman–Crippen MR) is 58.3 cm³/mol. The van der Waals surface area contributed by atoms with E-state index in [1.165, 1.54) is 12.1 Å². The standard InChI is InChI=1S/C9H10Cl2N2O2/c1-5(4-14)12-9(15)6-2-7(10)13-8(11)3-6/h2-3,5,14H,4H2,1H3,(H,12,15). The third-order valence-electron chi connectivity index (χ3n) is 1.68. The van der Waals surface area contributed by atoms with Gasteiger partial charge in [0.1, 0.15) is 10.3 Å². The lowest BCUT2D eigenvalue weighted by molar-refractivity contribution is 0.0922. The molecular weight excluding hydrogens is 239 g/mol. The van der Waals surface area contributed by atoms with Gasteiger partial charge in [0.05, 0.1) is 6.61 Å².